The number of phenols is 1. The summed E-state index contributed by atoms with van der Waals surface area (Å²) in [5, 5.41) is 19.0. The molecule has 1 heterocycles. The molecule has 0 saturated heterocycles. The van der Waals surface area contributed by atoms with Gasteiger partial charge in [-0.15, -0.1) is 0 Å². The third-order valence-corrected chi connectivity index (χ3v) is 4.25. The summed E-state index contributed by atoms with van der Waals surface area (Å²) in [6.07, 6.45) is 3.27. The number of nitrogens with zero attached hydrogens (tertiary/aromatic N) is 2. The van der Waals surface area contributed by atoms with E-state index in [1.54, 1.807) is 34.9 Å². The lowest BCUT2D eigenvalue weighted by Crippen LogP contribution is -2.23. The fraction of sp³-hybridized carbons (Fsp3) is 0.190. The van der Waals surface area contributed by atoms with Crippen LogP contribution in [0.4, 0.5) is 0 Å². The van der Waals surface area contributed by atoms with Crippen molar-refractivity contribution in [1.29, 1.82) is 0 Å². The van der Waals surface area contributed by atoms with Gasteiger partial charge in [0.25, 0.3) is 5.56 Å². The van der Waals surface area contributed by atoms with Gasteiger partial charge in [0, 0.05) is 6.54 Å². The Bertz CT molecular complexity index is 1130. The van der Waals surface area contributed by atoms with Crippen molar-refractivity contribution in [3.8, 4) is 11.5 Å². The molecule has 144 valence electrons. The molecule has 0 fully saturated rings. The monoisotopic (exact) mass is 380 g/mol. The van der Waals surface area contributed by atoms with Crippen molar-refractivity contribution in [2.75, 3.05) is 6.61 Å². The second-order valence-corrected chi connectivity index (χ2v) is 6.05. The van der Waals surface area contributed by atoms with E-state index in [1.165, 1.54) is 18.2 Å². The third kappa shape index (κ3) is 3.73. The third-order valence-electron chi connectivity index (χ3n) is 4.25. The fourth-order valence-electron chi connectivity index (χ4n) is 2.90. The summed E-state index contributed by atoms with van der Waals surface area (Å²) in [7, 11) is 0. The van der Waals surface area contributed by atoms with Gasteiger partial charge in [-0.3, -0.25) is 4.79 Å². The number of rotatable bonds is 6. The zero-order valence-corrected chi connectivity index (χ0v) is 15.5. The minimum absolute atomic E-state index is 0.0392. The Morgan fingerprint density at radius 1 is 1.18 bits per heavy atom. The van der Waals surface area contributed by atoms with Gasteiger partial charge in [-0.1, -0.05) is 12.1 Å². The average Bonchev–Trinajstić information content (AvgIpc) is 2.68. The Kier molecular flexibility index (Phi) is 5.44. The van der Waals surface area contributed by atoms with Crippen LogP contribution in [-0.2, 0) is 6.54 Å². The fourth-order valence-corrected chi connectivity index (χ4v) is 2.90. The molecule has 0 atom stereocenters. The number of phenolic OH excluding ortho intramolecular Hbond substituents is 1. The van der Waals surface area contributed by atoms with Gasteiger partial charge < -0.3 is 19.5 Å². The van der Waals surface area contributed by atoms with Crippen LogP contribution in [0.2, 0.25) is 0 Å². The van der Waals surface area contributed by atoms with Gasteiger partial charge in [0.1, 0.15) is 5.69 Å². The molecule has 0 unspecified atom stereocenters. The lowest BCUT2D eigenvalue weighted by molar-refractivity contribution is 0.0697. The molecule has 7 heteroatoms. The summed E-state index contributed by atoms with van der Waals surface area (Å²) >= 11 is 0. The van der Waals surface area contributed by atoms with Crippen molar-refractivity contribution in [1.82, 2.24) is 9.55 Å². The van der Waals surface area contributed by atoms with Gasteiger partial charge in [-0.05, 0) is 55.8 Å². The number of fused-ring (bicyclic) bond motifs is 1. The van der Waals surface area contributed by atoms with Crippen molar-refractivity contribution in [3.63, 3.8) is 0 Å². The second kappa shape index (κ2) is 7.96. The first-order chi connectivity index (χ1) is 13.4. The number of hydrogen-bond acceptors (Lipinski definition) is 5. The Labute approximate surface area is 161 Å². The number of benzene rings is 2. The van der Waals surface area contributed by atoms with Crippen LogP contribution in [0, 0.1) is 0 Å². The predicted molar refractivity (Wildman–Crippen MR) is 107 cm³/mol. The van der Waals surface area contributed by atoms with E-state index in [0.29, 0.717) is 29.9 Å². The number of hydrogen-bond donors (Lipinski definition) is 2. The quantitative estimate of drug-likeness (QED) is 0.680. The summed E-state index contributed by atoms with van der Waals surface area (Å²) in [5.41, 5.74) is 1.78. The van der Waals surface area contributed by atoms with Crippen LogP contribution in [-0.4, -0.2) is 32.3 Å². The molecule has 0 bridgehead atoms. The number of carboxylic acid groups (broad SMARTS) is 1. The molecule has 2 N–H and O–H groups in total. The van der Waals surface area contributed by atoms with E-state index in [0.717, 1.165) is 5.56 Å². The number of ether oxygens (including phenoxy) is 1. The first-order valence-electron chi connectivity index (χ1n) is 8.86. The van der Waals surface area contributed by atoms with Gasteiger partial charge in [-0.2, -0.15) is 0 Å². The molecule has 3 rings (SSSR count). The predicted octanol–water partition coefficient (Wildman–Crippen LogP) is 3.39. The number of aromatic nitrogens is 2. The van der Waals surface area contributed by atoms with Crippen molar-refractivity contribution in [3.05, 3.63) is 63.6 Å². The van der Waals surface area contributed by atoms with Crippen molar-refractivity contribution >= 4 is 29.2 Å². The standard InChI is InChI=1S/C21H20N2O5/c1-3-23-17-9-7-14(21(26)27)12-16(17)22-15(20(23)25)8-5-13-6-10-18(24)19(11-13)28-4-2/h5-12,24H,3-4H2,1-2H3,(H,26,27)/b8-5+. The molecule has 0 radical (unpaired) electrons. The number of aromatic carboxylic acids is 1. The zero-order chi connectivity index (χ0) is 20.3. The summed E-state index contributed by atoms with van der Waals surface area (Å²) < 4.78 is 6.91. The molecule has 0 amide bonds. The number of carbonyl (C=O) groups is 1. The van der Waals surface area contributed by atoms with E-state index in [9.17, 15) is 19.8 Å². The number of aryl methyl sites for hydroxylation is 1. The van der Waals surface area contributed by atoms with E-state index in [4.69, 9.17) is 4.74 Å². The van der Waals surface area contributed by atoms with Crippen LogP contribution in [0.25, 0.3) is 23.2 Å². The van der Waals surface area contributed by atoms with Crippen LogP contribution < -0.4 is 10.3 Å². The zero-order valence-electron chi connectivity index (χ0n) is 15.5. The second-order valence-electron chi connectivity index (χ2n) is 6.05. The van der Waals surface area contributed by atoms with E-state index in [2.05, 4.69) is 4.98 Å². The maximum atomic E-state index is 12.7. The van der Waals surface area contributed by atoms with E-state index < -0.39 is 5.97 Å². The maximum absolute atomic E-state index is 12.7. The highest BCUT2D eigenvalue weighted by molar-refractivity contribution is 5.92. The summed E-state index contributed by atoms with van der Waals surface area (Å²) in [5.74, 6) is -0.659. The lowest BCUT2D eigenvalue weighted by atomic mass is 10.1. The lowest BCUT2D eigenvalue weighted by Gasteiger charge is -2.09. The summed E-state index contributed by atoms with van der Waals surface area (Å²) in [4.78, 5) is 28.3. The van der Waals surface area contributed by atoms with Crippen LogP contribution in [0.5, 0.6) is 11.5 Å². The van der Waals surface area contributed by atoms with E-state index in [-0.39, 0.29) is 22.6 Å². The normalized spacial score (nSPS) is 11.2. The largest absolute Gasteiger partial charge is 0.504 e. The molecule has 3 aromatic rings. The minimum Gasteiger partial charge on any atom is -0.504 e. The first-order valence-corrected chi connectivity index (χ1v) is 8.86. The molecular weight excluding hydrogens is 360 g/mol. The molecule has 0 aliphatic rings. The molecule has 1 aromatic heterocycles. The number of carboxylic acids is 1. The molecule has 0 spiro atoms. The summed E-state index contributed by atoms with van der Waals surface area (Å²) in [6, 6.07) is 9.38. The van der Waals surface area contributed by atoms with Crippen molar-refractivity contribution in [2.45, 2.75) is 20.4 Å². The number of aromatic hydroxyl groups is 1. The molecule has 28 heavy (non-hydrogen) atoms. The van der Waals surface area contributed by atoms with Crippen LogP contribution >= 0.6 is 0 Å². The highest BCUT2D eigenvalue weighted by Crippen LogP contribution is 2.27. The van der Waals surface area contributed by atoms with Crippen LogP contribution in [0.3, 0.4) is 0 Å². The molecule has 2 aromatic carbocycles. The Hall–Kier alpha value is -3.61. The SMILES string of the molecule is CCOc1cc(/C=C/c2nc3cc(C(=O)O)ccc3n(CC)c2=O)ccc1O. The van der Waals surface area contributed by atoms with Crippen LogP contribution in [0.1, 0.15) is 35.5 Å². The maximum Gasteiger partial charge on any atom is 0.335 e. The molecule has 7 nitrogen and oxygen atoms in total. The Morgan fingerprint density at radius 2 is 1.96 bits per heavy atom. The van der Waals surface area contributed by atoms with Crippen molar-refractivity contribution in [2.24, 2.45) is 0 Å². The van der Waals surface area contributed by atoms with Gasteiger partial charge in [0.05, 0.1) is 23.2 Å². The van der Waals surface area contributed by atoms with Crippen LogP contribution in [0.15, 0.2) is 41.2 Å². The molecule has 0 aliphatic heterocycles. The van der Waals surface area contributed by atoms with Gasteiger partial charge in [0.15, 0.2) is 11.5 Å². The Morgan fingerprint density at radius 3 is 2.64 bits per heavy atom. The van der Waals surface area contributed by atoms with E-state index in [1.807, 2.05) is 13.8 Å². The topological polar surface area (TPSA) is 102 Å². The highest BCUT2D eigenvalue weighted by Gasteiger charge is 2.11. The van der Waals surface area contributed by atoms with Gasteiger partial charge in [-0.25, -0.2) is 9.78 Å². The smallest absolute Gasteiger partial charge is 0.335 e. The average molecular weight is 380 g/mol. The summed E-state index contributed by atoms with van der Waals surface area (Å²) in [6.45, 7) is 4.51. The molecule has 0 aliphatic carbocycles. The molecule has 0 saturated carbocycles. The minimum atomic E-state index is -1.05. The highest BCUT2D eigenvalue weighted by atomic mass is 16.5. The molecular formula is C21H20N2O5. The Balaban J connectivity index is 2.08. The van der Waals surface area contributed by atoms with Gasteiger partial charge in [0.2, 0.25) is 0 Å². The first kappa shape index (κ1) is 19.2. The van der Waals surface area contributed by atoms with Gasteiger partial charge >= 0.3 is 5.97 Å². The van der Waals surface area contributed by atoms with Crippen molar-refractivity contribution < 1.29 is 19.7 Å². The van der Waals surface area contributed by atoms with E-state index >= 15 is 0 Å².